The summed E-state index contributed by atoms with van der Waals surface area (Å²) in [6.07, 6.45) is 2.10. The fourth-order valence-electron chi connectivity index (χ4n) is 1.77. The van der Waals surface area contributed by atoms with Gasteiger partial charge in [0.1, 0.15) is 0 Å². The highest BCUT2D eigenvalue weighted by Gasteiger charge is 2.14. The number of hydrogen-bond donors (Lipinski definition) is 2. The fraction of sp³-hybridized carbons (Fsp3) is 0.533. The first-order valence-electron chi connectivity index (χ1n) is 6.63. The lowest BCUT2D eigenvalue weighted by molar-refractivity contribution is 0.501. The highest BCUT2D eigenvalue weighted by molar-refractivity contribution is 7.98. The summed E-state index contributed by atoms with van der Waals surface area (Å²) in [6.45, 7) is 7.14. The highest BCUT2D eigenvalue weighted by atomic mass is 35.5. The zero-order valence-electron chi connectivity index (χ0n) is 12.8. The van der Waals surface area contributed by atoms with Gasteiger partial charge in [-0.3, -0.25) is 4.99 Å². The largest absolute Gasteiger partial charge is 0.355 e. The SMILES string of the molecule is CN=C(NCC(SC)c1cccc(Cl)c1)NC(C)(C)C. The van der Waals surface area contributed by atoms with Crippen LogP contribution in [0.25, 0.3) is 0 Å². The van der Waals surface area contributed by atoms with E-state index in [0.717, 1.165) is 17.5 Å². The van der Waals surface area contributed by atoms with E-state index in [1.165, 1.54) is 5.56 Å². The molecule has 0 saturated carbocycles. The number of thioether (sulfide) groups is 1. The summed E-state index contributed by atoms with van der Waals surface area (Å²) in [5, 5.41) is 7.84. The van der Waals surface area contributed by atoms with E-state index in [2.05, 4.69) is 48.7 Å². The van der Waals surface area contributed by atoms with Gasteiger partial charge in [-0.25, -0.2) is 0 Å². The topological polar surface area (TPSA) is 36.4 Å². The zero-order chi connectivity index (χ0) is 15.2. The molecular weight excluding hydrogens is 290 g/mol. The van der Waals surface area contributed by atoms with Gasteiger partial charge in [0.25, 0.3) is 0 Å². The number of guanidine groups is 1. The number of hydrogen-bond acceptors (Lipinski definition) is 2. The van der Waals surface area contributed by atoms with Crippen LogP contribution in [0.4, 0.5) is 0 Å². The number of benzene rings is 1. The predicted molar refractivity (Wildman–Crippen MR) is 92.0 cm³/mol. The lowest BCUT2D eigenvalue weighted by Gasteiger charge is -2.25. The zero-order valence-corrected chi connectivity index (χ0v) is 14.4. The van der Waals surface area contributed by atoms with Gasteiger partial charge >= 0.3 is 0 Å². The van der Waals surface area contributed by atoms with Gasteiger partial charge in [-0.15, -0.1) is 0 Å². The van der Waals surface area contributed by atoms with Crippen molar-refractivity contribution in [1.29, 1.82) is 0 Å². The van der Waals surface area contributed by atoms with Crippen LogP contribution in [-0.2, 0) is 0 Å². The van der Waals surface area contributed by atoms with Crippen LogP contribution >= 0.6 is 23.4 Å². The third kappa shape index (κ3) is 6.06. The minimum Gasteiger partial charge on any atom is -0.355 e. The van der Waals surface area contributed by atoms with Crippen LogP contribution in [0.15, 0.2) is 29.3 Å². The Labute approximate surface area is 131 Å². The molecule has 1 unspecified atom stereocenters. The number of nitrogens with one attached hydrogen (secondary N) is 2. The van der Waals surface area contributed by atoms with E-state index in [1.54, 1.807) is 18.8 Å². The Morgan fingerprint density at radius 1 is 1.40 bits per heavy atom. The summed E-state index contributed by atoms with van der Waals surface area (Å²) in [4.78, 5) is 4.25. The van der Waals surface area contributed by atoms with Crippen LogP contribution in [0.2, 0.25) is 5.02 Å². The Kier molecular flexibility index (Phi) is 6.69. The molecule has 0 aliphatic rings. The lowest BCUT2D eigenvalue weighted by Crippen LogP contribution is -2.48. The van der Waals surface area contributed by atoms with Gasteiger partial charge in [-0.1, -0.05) is 23.7 Å². The maximum Gasteiger partial charge on any atom is 0.191 e. The molecule has 0 aliphatic heterocycles. The van der Waals surface area contributed by atoms with E-state index in [-0.39, 0.29) is 5.54 Å². The van der Waals surface area contributed by atoms with Crippen molar-refractivity contribution in [1.82, 2.24) is 10.6 Å². The van der Waals surface area contributed by atoms with E-state index in [1.807, 2.05) is 18.2 Å². The molecule has 0 aromatic heterocycles. The maximum absolute atomic E-state index is 6.06. The molecule has 0 saturated heterocycles. The van der Waals surface area contributed by atoms with Crippen LogP contribution in [-0.4, -0.2) is 31.3 Å². The Morgan fingerprint density at radius 3 is 2.60 bits per heavy atom. The smallest absolute Gasteiger partial charge is 0.191 e. The Bertz CT molecular complexity index is 455. The van der Waals surface area contributed by atoms with Crippen molar-refractivity contribution in [3.63, 3.8) is 0 Å². The second-order valence-corrected chi connectivity index (χ2v) is 7.08. The van der Waals surface area contributed by atoms with Gasteiger partial charge in [0.15, 0.2) is 5.96 Å². The highest BCUT2D eigenvalue weighted by Crippen LogP contribution is 2.27. The molecule has 112 valence electrons. The first kappa shape index (κ1) is 17.2. The number of nitrogens with zero attached hydrogens (tertiary/aromatic N) is 1. The van der Waals surface area contributed by atoms with Crippen LogP contribution in [0.5, 0.6) is 0 Å². The van der Waals surface area contributed by atoms with Crippen molar-refractivity contribution >= 4 is 29.3 Å². The summed E-state index contributed by atoms with van der Waals surface area (Å²) >= 11 is 7.86. The molecule has 1 aromatic carbocycles. The van der Waals surface area contributed by atoms with Crippen molar-refractivity contribution in [2.45, 2.75) is 31.6 Å². The van der Waals surface area contributed by atoms with E-state index in [4.69, 9.17) is 11.6 Å². The molecule has 20 heavy (non-hydrogen) atoms. The molecule has 0 amide bonds. The molecule has 0 spiro atoms. The maximum atomic E-state index is 6.06. The normalized spacial score (nSPS) is 14.0. The Hall–Kier alpha value is -0.870. The van der Waals surface area contributed by atoms with E-state index < -0.39 is 0 Å². The Morgan fingerprint density at radius 2 is 2.10 bits per heavy atom. The van der Waals surface area contributed by atoms with Crippen LogP contribution in [0.3, 0.4) is 0 Å². The van der Waals surface area contributed by atoms with Gasteiger partial charge in [0.05, 0.1) is 0 Å². The summed E-state index contributed by atoms with van der Waals surface area (Å²) in [7, 11) is 1.79. The van der Waals surface area contributed by atoms with Gasteiger partial charge < -0.3 is 10.6 Å². The molecule has 3 nitrogen and oxygen atoms in total. The monoisotopic (exact) mass is 313 g/mol. The fourth-order valence-corrected chi connectivity index (χ4v) is 2.64. The minimum absolute atomic E-state index is 0.00719. The second kappa shape index (κ2) is 7.79. The van der Waals surface area contributed by atoms with Gasteiger partial charge in [0.2, 0.25) is 0 Å². The van der Waals surface area contributed by atoms with Crippen molar-refractivity contribution in [3.05, 3.63) is 34.9 Å². The standard InChI is InChI=1S/C15H24ClN3S/c1-15(2,3)19-14(17-4)18-10-13(20-5)11-7-6-8-12(16)9-11/h6-9,13H,10H2,1-5H3,(H2,17,18,19). The van der Waals surface area contributed by atoms with E-state index in [0.29, 0.717) is 5.25 Å². The third-order valence-electron chi connectivity index (χ3n) is 2.68. The molecule has 5 heteroatoms. The van der Waals surface area contributed by atoms with Crippen molar-refractivity contribution in [2.75, 3.05) is 19.8 Å². The molecule has 2 N–H and O–H groups in total. The summed E-state index contributed by atoms with van der Waals surface area (Å²) in [5.41, 5.74) is 1.22. The molecule has 1 rings (SSSR count). The summed E-state index contributed by atoms with van der Waals surface area (Å²) in [5.74, 6) is 0.818. The number of aliphatic imine (C=N–C) groups is 1. The van der Waals surface area contributed by atoms with Gasteiger partial charge in [-0.05, 0) is 44.7 Å². The van der Waals surface area contributed by atoms with E-state index in [9.17, 15) is 0 Å². The first-order chi connectivity index (χ1) is 9.35. The third-order valence-corrected chi connectivity index (χ3v) is 3.92. The molecule has 0 bridgehead atoms. The van der Waals surface area contributed by atoms with Crippen LogP contribution in [0.1, 0.15) is 31.6 Å². The molecule has 0 fully saturated rings. The predicted octanol–water partition coefficient (Wildman–Crippen LogP) is 3.71. The van der Waals surface area contributed by atoms with E-state index >= 15 is 0 Å². The van der Waals surface area contributed by atoms with Crippen LogP contribution < -0.4 is 10.6 Å². The quantitative estimate of drug-likeness (QED) is 0.657. The summed E-state index contributed by atoms with van der Waals surface area (Å²) in [6, 6.07) is 8.01. The minimum atomic E-state index is -0.00719. The average Bonchev–Trinajstić information content (AvgIpc) is 2.36. The van der Waals surface area contributed by atoms with Crippen molar-refractivity contribution in [3.8, 4) is 0 Å². The molecule has 0 aliphatic carbocycles. The molecule has 1 aromatic rings. The number of halogens is 1. The number of rotatable bonds is 4. The first-order valence-corrected chi connectivity index (χ1v) is 8.29. The molecular formula is C15H24ClN3S. The summed E-state index contributed by atoms with van der Waals surface area (Å²) < 4.78 is 0. The molecule has 1 atom stereocenters. The average molecular weight is 314 g/mol. The lowest BCUT2D eigenvalue weighted by atomic mass is 10.1. The van der Waals surface area contributed by atoms with Gasteiger partial charge in [0, 0.05) is 29.4 Å². The van der Waals surface area contributed by atoms with Crippen LogP contribution in [0, 0.1) is 0 Å². The second-order valence-electron chi connectivity index (χ2n) is 5.61. The Balaban J connectivity index is 2.65. The molecule has 0 heterocycles. The van der Waals surface area contributed by atoms with Gasteiger partial charge in [-0.2, -0.15) is 11.8 Å². The van der Waals surface area contributed by atoms with Crippen molar-refractivity contribution in [2.24, 2.45) is 4.99 Å². The molecule has 0 radical (unpaired) electrons. The van der Waals surface area contributed by atoms with Crippen molar-refractivity contribution < 1.29 is 0 Å².